The van der Waals surface area contributed by atoms with E-state index >= 15 is 0 Å². The molecule has 1 aromatic carbocycles. The summed E-state index contributed by atoms with van der Waals surface area (Å²) in [4.78, 5) is 50.1. The van der Waals surface area contributed by atoms with E-state index in [2.05, 4.69) is 11.8 Å². The summed E-state index contributed by atoms with van der Waals surface area (Å²) in [7, 11) is 1.77. The van der Waals surface area contributed by atoms with Gasteiger partial charge in [0.05, 0.1) is 21.8 Å². The first-order valence-corrected chi connectivity index (χ1v) is 14.8. The minimum absolute atomic E-state index is 0.205. The van der Waals surface area contributed by atoms with Gasteiger partial charge in [0.15, 0.2) is 4.32 Å². The molecule has 2 aliphatic heterocycles. The molecule has 6 rings (SSSR count). The number of fused-ring (bicyclic) bond motifs is 1. The number of nitrogens with zero attached hydrogens (tertiary/aromatic N) is 6. The zero-order valence-electron chi connectivity index (χ0n) is 23.3. The number of para-hydroxylation sites is 1. The number of thiocarbonyl (C=S) groups is 1. The quantitative estimate of drug-likeness (QED) is 0.258. The Morgan fingerprint density at radius 3 is 2.54 bits per heavy atom. The molecule has 9 nitrogen and oxygen atoms in total. The van der Waals surface area contributed by atoms with Crippen LogP contribution in [0.1, 0.15) is 36.6 Å². The summed E-state index contributed by atoms with van der Waals surface area (Å²) in [5, 5.41) is 0. The average Bonchev–Trinajstić information content (AvgIpc) is 3.35. The molecule has 41 heavy (non-hydrogen) atoms. The number of aryl methyl sites for hydroxylation is 1. The molecule has 1 amide bonds. The number of rotatable bonds is 4. The van der Waals surface area contributed by atoms with Crippen LogP contribution in [0.4, 0.5) is 11.5 Å². The zero-order valence-corrected chi connectivity index (χ0v) is 25.0. The summed E-state index contributed by atoms with van der Waals surface area (Å²) in [5.74, 6) is 0.598. The van der Waals surface area contributed by atoms with E-state index in [1.54, 1.807) is 30.9 Å². The lowest BCUT2D eigenvalue weighted by Gasteiger charge is -2.32. The van der Waals surface area contributed by atoms with E-state index in [4.69, 9.17) is 17.2 Å². The largest absolute Gasteiger partial charge is 0.356 e. The molecule has 2 saturated heterocycles. The molecule has 0 aliphatic carbocycles. The molecule has 4 aromatic rings. The molecule has 0 spiro atoms. The fourth-order valence-electron chi connectivity index (χ4n) is 5.65. The number of hydrogen-bond donors (Lipinski definition) is 0. The third kappa shape index (κ3) is 4.53. The SMILES string of the molecule is Cc1cccn2c(=O)c(/C=C3/SC(=S)N(c4c(C)n(C)n(-c5ccccc5)c4=O)C3=O)c(N3CCCC(C)C3)nc12. The molecule has 0 bridgehead atoms. The van der Waals surface area contributed by atoms with Gasteiger partial charge in [0.2, 0.25) is 0 Å². The summed E-state index contributed by atoms with van der Waals surface area (Å²) in [5.41, 5.74) is 2.72. The Hall–Kier alpha value is -3.96. The van der Waals surface area contributed by atoms with Crippen molar-refractivity contribution in [3.8, 4) is 5.69 Å². The topological polar surface area (TPSA) is 84.8 Å². The van der Waals surface area contributed by atoms with E-state index in [1.165, 1.54) is 14.0 Å². The van der Waals surface area contributed by atoms with Gasteiger partial charge in [-0.05, 0) is 62.4 Å². The van der Waals surface area contributed by atoms with E-state index in [1.807, 2.05) is 49.4 Å². The van der Waals surface area contributed by atoms with E-state index in [9.17, 15) is 14.4 Å². The van der Waals surface area contributed by atoms with Crippen molar-refractivity contribution in [2.45, 2.75) is 33.6 Å². The van der Waals surface area contributed by atoms with Crippen molar-refractivity contribution in [1.29, 1.82) is 0 Å². The molecule has 1 atom stereocenters. The second-order valence-corrected chi connectivity index (χ2v) is 12.3. The molecule has 1 unspecified atom stereocenters. The van der Waals surface area contributed by atoms with Crippen LogP contribution >= 0.6 is 24.0 Å². The van der Waals surface area contributed by atoms with Crippen LogP contribution in [0.5, 0.6) is 0 Å². The van der Waals surface area contributed by atoms with Crippen molar-refractivity contribution in [3.63, 3.8) is 0 Å². The van der Waals surface area contributed by atoms with Crippen molar-refractivity contribution in [2.75, 3.05) is 22.9 Å². The van der Waals surface area contributed by atoms with Gasteiger partial charge in [-0.2, -0.15) is 0 Å². The normalized spacial score (nSPS) is 18.7. The van der Waals surface area contributed by atoms with Gasteiger partial charge >= 0.3 is 0 Å². The number of thioether (sulfide) groups is 1. The van der Waals surface area contributed by atoms with Crippen LogP contribution in [-0.2, 0) is 11.8 Å². The lowest BCUT2D eigenvalue weighted by atomic mass is 10.00. The van der Waals surface area contributed by atoms with Gasteiger partial charge in [-0.3, -0.25) is 28.4 Å². The zero-order chi connectivity index (χ0) is 29.0. The molecule has 2 fully saturated rings. The van der Waals surface area contributed by atoms with Crippen LogP contribution in [0.15, 0.2) is 63.2 Å². The lowest BCUT2D eigenvalue weighted by molar-refractivity contribution is -0.113. The van der Waals surface area contributed by atoms with Gasteiger partial charge in [0, 0.05) is 26.3 Å². The van der Waals surface area contributed by atoms with Gasteiger partial charge in [-0.25, -0.2) is 9.67 Å². The first kappa shape index (κ1) is 27.2. The Labute approximate surface area is 246 Å². The third-order valence-electron chi connectivity index (χ3n) is 7.84. The van der Waals surface area contributed by atoms with Crippen LogP contribution in [0.25, 0.3) is 17.4 Å². The first-order valence-electron chi connectivity index (χ1n) is 13.6. The second kappa shape index (κ2) is 10.5. The van der Waals surface area contributed by atoms with Crippen molar-refractivity contribution in [1.82, 2.24) is 18.7 Å². The number of pyridine rings is 1. The van der Waals surface area contributed by atoms with Gasteiger partial charge in [-0.15, -0.1) is 0 Å². The Bertz CT molecular complexity index is 1870. The maximum atomic E-state index is 13.9. The maximum Gasteiger partial charge on any atom is 0.296 e. The van der Waals surface area contributed by atoms with Crippen molar-refractivity contribution >= 4 is 57.4 Å². The summed E-state index contributed by atoms with van der Waals surface area (Å²) in [6, 6.07) is 13.0. The van der Waals surface area contributed by atoms with Gasteiger partial charge < -0.3 is 4.90 Å². The molecule has 0 radical (unpaired) electrons. The molecular weight excluding hydrogens is 557 g/mol. The summed E-state index contributed by atoms with van der Waals surface area (Å²) < 4.78 is 5.00. The van der Waals surface area contributed by atoms with Gasteiger partial charge in [0.25, 0.3) is 17.0 Å². The highest BCUT2D eigenvalue weighted by atomic mass is 32.2. The van der Waals surface area contributed by atoms with Crippen molar-refractivity contribution < 1.29 is 4.79 Å². The minimum atomic E-state index is -0.433. The number of carbonyl (C=O) groups excluding carboxylic acids is 1. The highest BCUT2D eigenvalue weighted by Crippen LogP contribution is 2.37. The summed E-state index contributed by atoms with van der Waals surface area (Å²) >= 11 is 6.73. The molecule has 0 N–H and O–H groups in total. The maximum absolute atomic E-state index is 13.9. The van der Waals surface area contributed by atoms with E-state index in [0.717, 1.165) is 43.3 Å². The average molecular weight is 587 g/mol. The van der Waals surface area contributed by atoms with Gasteiger partial charge in [-0.1, -0.05) is 55.2 Å². The third-order valence-corrected chi connectivity index (χ3v) is 9.14. The lowest BCUT2D eigenvalue weighted by Crippen LogP contribution is -2.37. The number of aromatic nitrogens is 4. The molecule has 2 aliphatic rings. The van der Waals surface area contributed by atoms with Crippen LogP contribution in [0, 0.1) is 19.8 Å². The highest BCUT2D eigenvalue weighted by molar-refractivity contribution is 8.27. The highest BCUT2D eigenvalue weighted by Gasteiger charge is 2.38. The predicted octanol–water partition coefficient (Wildman–Crippen LogP) is 4.44. The number of hydrogen-bond acceptors (Lipinski definition) is 7. The summed E-state index contributed by atoms with van der Waals surface area (Å²) in [6.45, 7) is 7.47. The molecular formula is C30H30N6O3S2. The molecule has 3 aromatic heterocycles. The number of anilines is 2. The number of benzene rings is 1. The van der Waals surface area contributed by atoms with E-state index in [-0.39, 0.29) is 26.0 Å². The first-order chi connectivity index (χ1) is 19.7. The van der Waals surface area contributed by atoms with Crippen LogP contribution in [0.2, 0.25) is 0 Å². The number of amides is 1. The standard InChI is InChI=1S/C30H30N6O3S2/c1-18-10-8-14-33(17-18)26-22(27(37)34-15-9-11-19(2)25(34)31-26)16-23-28(38)35(30(40)41-23)24-20(3)32(4)36(29(24)39)21-12-6-5-7-13-21/h5-7,9,11-13,15-16,18H,8,10,14,17H2,1-4H3/b23-16+. The molecule has 5 heterocycles. The van der Waals surface area contributed by atoms with Crippen LogP contribution < -0.4 is 20.9 Å². The Kier molecular flexibility index (Phi) is 6.95. The Morgan fingerprint density at radius 2 is 1.80 bits per heavy atom. The van der Waals surface area contributed by atoms with Gasteiger partial charge in [0.1, 0.15) is 17.2 Å². The molecule has 11 heteroatoms. The van der Waals surface area contributed by atoms with E-state index in [0.29, 0.717) is 34.3 Å². The van der Waals surface area contributed by atoms with Crippen molar-refractivity contribution in [2.24, 2.45) is 13.0 Å². The fraction of sp³-hybridized carbons (Fsp3) is 0.300. The van der Waals surface area contributed by atoms with Crippen molar-refractivity contribution in [3.05, 3.63) is 91.1 Å². The van der Waals surface area contributed by atoms with Crippen LogP contribution in [-0.4, -0.2) is 42.1 Å². The smallest absolute Gasteiger partial charge is 0.296 e. The fourth-order valence-corrected chi connectivity index (χ4v) is 6.91. The second-order valence-electron chi connectivity index (χ2n) is 10.7. The Morgan fingerprint density at radius 1 is 1.05 bits per heavy atom. The summed E-state index contributed by atoms with van der Waals surface area (Å²) in [6.07, 6.45) is 5.42. The van der Waals surface area contributed by atoms with E-state index < -0.39 is 5.91 Å². The molecule has 210 valence electrons. The molecule has 0 saturated carbocycles. The predicted molar refractivity (Wildman–Crippen MR) is 168 cm³/mol. The Balaban J connectivity index is 1.48. The number of piperidine rings is 1. The monoisotopic (exact) mass is 586 g/mol. The minimum Gasteiger partial charge on any atom is -0.356 e. The number of carbonyl (C=O) groups is 1. The van der Waals surface area contributed by atoms with Crippen LogP contribution in [0.3, 0.4) is 0 Å².